The highest BCUT2D eigenvalue weighted by Crippen LogP contribution is 2.17. The first-order valence-corrected chi connectivity index (χ1v) is 8.17. The summed E-state index contributed by atoms with van der Waals surface area (Å²) >= 11 is 0. The molecule has 0 aliphatic carbocycles. The number of carbonyl (C=O) groups is 2. The molecule has 1 aromatic heterocycles. The van der Waals surface area contributed by atoms with Gasteiger partial charge in [-0.05, 0) is 31.1 Å². The molecule has 1 aliphatic rings. The van der Waals surface area contributed by atoms with Crippen LogP contribution in [0.3, 0.4) is 0 Å². The van der Waals surface area contributed by atoms with E-state index >= 15 is 0 Å². The van der Waals surface area contributed by atoms with Gasteiger partial charge in [0.1, 0.15) is 6.54 Å². The van der Waals surface area contributed by atoms with Crippen LogP contribution in [0.2, 0.25) is 0 Å². The zero-order valence-corrected chi connectivity index (χ0v) is 13.9. The summed E-state index contributed by atoms with van der Waals surface area (Å²) in [4.78, 5) is 32.1. The topological polar surface area (TPSA) is 58.4 Å². The van der Waals surface area contributed by atoms with Gasteiger partial charge in [0.15, 0.2) is 0 Å². The molecule has 2 aromatic rings. The Morgan fingerprint density at radius 3 is 2.75 bits per heavy atom. The molecule has 1 saturated heterocycles. The monoisotopic (exact) mass is 326 g/mol. The van der Waals surface area contributed by atoms with Crippen LogP contribution in [-0.4, -0.2) is 57.3 Å². The van der Waals surface area contributed by atoms with Crippen LogP contribution in [0.5, 0.6) is 0 Å². The summed E-state index contributed by atoms with van der Waals surface area (Å²) in [5, 5.41) is 0. The summed E-state index contributed by atoms with van der Waals surface area (Å²) in [6.07, 6.45) is 4.65. The van der Waals surface area contributed by atoms with Crippen molar-refractivity contribution in [3.63, 3.8) is 0 Å². The SMILES string of the molecule is C=CC(=O)N(C)C1CCN(C(=O)Cn2cnc3ccccc32)CC1. The van der Waals surface area contributed by atoms with Crippen molar-refractivity contribution in [2.45, 2.75) is 25.4 Å². The molecule has 0 bridgehead atoms. The number of nitrogens with zero attached hydrogens (tertiary/aromatic N) is 4. The highest BCUT2D eigenvalue weighted by molar-refractivity contribution is 5.87. The standard InChI is InChI=1S/C18H22N4O2/c1-3-17(23)20(2)14-8-10-21(11-9-14)18(24)12-22-13-19-15-6-4-5-7-16(15)22/h3-7,13-14H,1,8-12H2,2H3. The molecule has 0 N–H and O–H groups in total. The minimum Gasteiger partial charge on any atom is -0.341 e. The molecule has 0 spiro atoms. The van der Waals surface area contributed by atoms with Gasteiger partial charge in [0.2, 0.25) is 11.8 Å². The van der Waals surface area contributed by atoms with Crippen molar-refractivity contribution >= 4 is 22.8 Å². The van der Waals surface area contributed by atoms with Gasteiger partial charge >= 0.3 is 0 Å². The average Bonchev–Trinajstić information content (AvgIpc) is 3.03. The number of para-hydroxylation sites is 2. The van der Waals surface area contributed by atoms with Gasteiger partial charge in [-0.25, -0.2) is 4.98 Å². The summed E-state index contributed by atoms with van der Waals surface area (Å²) in [5.41, 5.74) is 1.87. The number of carbonyl (C=O) groups excluding carboxylic acids is 2. The molecule has 0 unspecified atom stereocenters. The maximum absolute atomic E-state index is 12.6. The molecule has 126 valence electrons. The zero-order chi connectivity index (χ0) is 17.1. The Kier molecular flexibility index (Phi) is 4.64. The summed E-state index contributed by atoms with van der Waals surface area (Å²) < 4.78 is 1.89. The molecule has 3 rings (SSSR count). The van der Waals surface area contributed by atoms with Gasteiger partial charge in [-0.15, -0.1) is 0 Å². The van der Waals surface area contributed by atoms with Crippen molar-refractivity contribution in [2.75, 3.05) is 20.1 Å². The zero-order valence-electron chi connectivity index (χ0n) is 13.9. The Morgan fingerprint density at radius 1 is 1.33 bits per heavy atom. The van der Waals surface area contributed by atoms with Gasteiger partial charge in [-0.3, -0.25) is 9.59 Å². The summed E-state index contributed by atoms with van der Waals surface area (Å²) in [6, 6.07) is 7.97. The average molecular weight is 326 g/mol. The Balaban J connectivity index is 1.59. The van der Waals surface area contributed by atoms with Crippen LogP contribution in [0.25, 0.3) is 11.0 Å². The number of fused-ring (bicyclic) bond motifs is 1. The molecule has 6 heteroatoms. The van der Waals surface area contributed by atoms with E-state index in [0.29, 0.717) is 19.6 Å². The number of aromatic nitrogens is 2. The van der Waals surface area contributed by atoms with Crippen LogP contribution >= 0.6 is 0 Å². The molecular formula is C18H22N4O2. The minimum absolute atomic E-state index is 0.0651. The van der Waals surface area contributed by atoms with E-state index in [4.69, 9.17) is 0 Å². The van der Waals surface area contributed by atoms with Crippen molar-refractivity contribution in [2.24, 2.45) is 0 Å². The van der Waals surface area contributed by atoms with E-state index in [-0.39, 0.29) is 17.9 Å². The van der Waals surface area contributed by atoms with Crippen LogP contribution in [0.1, 0.15) is 12.8 Å². The third-order valence-corrected chi connectivity index (χ3v) is 4.72. The highest BCUT2D eigenvalue weighted by atomic mass is 16.2. The number of imidazole rings is 1. The molecule has 6 nitrogen and oxygen atoms in total. The highest BCUT2D eigenvalue weighted by Gasteiger charge is 2.26. The molecule has 2 amide bonds. The quantitative estimate of drug-likeness (QED) is 0.803. The second kappa shape index (κ2) is 6.86. The lowest BCUT2D eigenvalue weighted by molar-refractivity contribution is -0.134. The van der Waals surface area contributed by atoms with Gasteiger partial charge in [0.25, 0.3) is 0 Å². The molecule has 24 heavy (non-hydrogen) atoms. The maximum atomic E-state index is 12.6. The van der Waals surface area contributed by atoms with Crippen LogP contribution in [0.15, 0.2) is 43.2 Å². The minimum atomic E-state index is -0.0651. The number of hydrogen-bond acceptors (Lipinski definition) is 3. The van der Waals surface area contributed by atoms with Crippen molar-refractivity contribution < 1.29 is 9.59 Å². The summed E-state index contributed by atoms with van der Waals surface area (Å²) in [7, 11) is 1.80. The van der Waals surface area contributed by atoms with E-state index in [9.17, 15) is 9.59 Å². The number of likely N-dealkylation sites (tertiary alicyclic amines) is 1. The number of benzene rings is 1. The van der Waals surface area contributed by atoms with Crippen molar-refractivity contribution in [3.05, 3.63) is 43.2 Å². The lowest BCUT2D eigenvalue weighted by atomic mass is 10.0. The Labute approximate surface area is 141 Å². The Hall–Kier alpha value is -2.63. The Bertz CT molecular complexity index is 759. The van der Waals surface area contributed by atoms with Crippen LogP contribution in [-0.2, 0) is 16.1 Å². The smallest absolute Gasteiger partial charge is 0.245 e. The molecule has 1 aliphatic heterocycles. The van der Waals surface area contributed by atoms with E-state index in [2.05, 4.69) is 11.6 Å². The van der Waals surface area contributed by atoms with Crippen LogP contribution in [0, 0.1) is 0 Å². The van der Waals surface area contributed by atoms with Crippen molar-refractivity contribution in [1.29, 1.82) is 0 Å². The number of piperidine rings is 1. The molecule has 1 aromatic carbocycles. The second-order valence-corrected chi connectivity index (χ2v) is 6.13. The molecular weight excluding hydrogens is 304 g/mol. The fourth-order valence-corrected chi connectivity index (χ4v) is 3.21. The van der Waals surface area contributed by atoms with E-state index in [1.54, 1.807) is 18.3 Å². The maximum Gasteiger partial charge on any atom is 0.245 e. The van der Waals surface area contributed by atoms with Gasteiger partial charge in [-0.2, -0.15) is 0 Å². The van der Waals surface area contributed by atoms with Crippen molar-refractivity contribution in [1.82, 2.24) is 19.4 Å². The second-order valence-electron chi connectivity index (χ2n) is 6.13. The first kappa shape index (κ1) is 16.2. The fraction of sp³-hybridized carbons (Fsp3) is 0.389. The van der Waals surface area contributed by atoms with Gasteiger partial charge in [0, 0.05) is 26.2 Å². The third kappa shape index (κ3) is 3.18. The lowest BCUT2D eigenvalue weighted by Crippen LogP contribution is -2.47. The molecule has 1 fully saturated rings. The number of rotatable bonds is 4. The van der Waals surface area contributed by atoms with Crippen LogP contribution in [0.4, 0.5) is 0 Å². The number of likely N-dealkylation sites (N-methyl/N-ethyl adjacent to an activating group) is 1. The normalized spacial score (nSPS) is 15.5. The van der Waals surface area contributed by atoms with Gasteiger partial charge < -0.3 is 14.4 Å². The molecule has 0 atom stereocenters. The largest absolute Gasteiger partial charge is 0.341 e. The van der Waals surface area contributed by atoms with E-state index in [1.807, 2.05) is 33.7 Å². The van der Waals surface area contributed by atoms with Crippen molar-refractivity contribution in [3.8, 4) is 0 Å². The number of amides is 2. The van der Waals surface area contributed by atoms with E-state index in [0.717, 1.165) is 23.9 Å². The lowest BCUT2D eigenvalue weighted by Gasteiger charge is -2.36. The first-order chi connectivity index (χ1) is 11.6. The predicted octanol–water partition coefficient (Wildman–Crippen LogP) is 1.67. The molecule has 0 saturated carbocycles. The summed E-state index contributed by atoms with van der Waals surface area (Å²) in [5.74, 6) is 0.0268. The van der Waals surface area contributed by atoms with Crippen LogP contribution < -0.4 is 0 Å². The fourth-order valence-electron chi connectivity index (χ4n) is 3.21. The third-order valence-electron chi connectivity index (χ3n) is 4.72. The number of hydrogen-bond donors (Lipinski definition) is 0. The van der Waals surface area contributed by atoms with E-state index < -0.39 is 0 Å². The molecule has 0 radical (unpaired) electrons. The van der Waals surface area contributed by atoms with E-state index in [1.165, 1.54) is 6.08 Å². The predicted molar refractivity (Wildman–Crippen MR) is 92.3 cm³/mol. The Morgan fingerprint density at radius 2 is 2.04 bits per heavy atom. The van der Waals surface area contributed by atoms with Gasteiger partial charge in [0.05, 0.1) is 17.4 Å². The van der Waals surface area contributed by atoms with Gasteiger partial charge in [-0.1, -0.05) is 18.7 Å². The first-order valence-electron chi connectivity index (χ1n) is 8.17. The summed E-state index contributed by atoms with van der Waals surface area (Å²) in [6.45, 7) is 5.16. The molecule has 2 heterocycles.